The molecule has 1 heteroatoms. The normalized spacial score (nSPS) is 10.7. The van der Waals surface area contributed by atoms with Crippen LogP contribution >= 0.6 is 0 Å². The molecule has 0 aliphatic rings. The van der Waals surface area contributed by atoms with Crippen LogP contribution in [0.5, 0.6) is 0 Å². The topological polar surface area (TPSA) is 0 Å². The molecule has 0 spiro atoms. The summed E-state index contributed by atoms with van der Waals surface area (Å²) in [4.78, 5) is 3.04. The molecule has 0 aliphatic carbocycles. The van der Waals surface area contributed by atoms with Crippen LogP contribution in [-0.4, -0.2) is 0 Å². The van der Waals surface area contributed by atoms with Crippen molar-refractivity contribution in [2.24, 2.45) is 0 Å². The molecular formula is C10H22Pd. The van der Waals surface area contributed by atoms with Crippen LogP contribution in [0, 0.1) is 0 Å². The fraction of sp³-hybridized carbons (Fsp3) is 1.00. The summed E-state index contributed by atoms with van der Waals surface area (Å²) < 4.78 is 0. The van der Waals surface area contributed by atoms with Crippen LogP contribution < -0.4 is 0 Å². The van der Waals surface area contributed by atoms with Gasteiger partial charge in [0.2, 0.25) is 0 Å². The molecule has 0 amide bonds. The Morgan fingerprint density at radius 3 is 1.55 bits per heavy atom. The van der Waals surface area contributed by atoms with E-state index in [9.17, 15) is 0 Å². The summed E-state index contributed by atoms with van der Waals surface area (Å²) in [7, 11) is 0. The molecular weight excluding hydrogens is 227 g/mol. The molecule has 0 saturated heterocycles. The fourth-order valence-corrected chi connectivity index (χ4v) is 2.84. The Kier molecular flexibility index (Phi) is 11.3. The number of hydrogen-bond donors (Lipinski definition) is 0. The number of unbranched alkanes of at least 4 members (excludes halogenated alkanes) is 4. The predicted molar refractivity (Wildman–Crippen MR) is 48.7 cm³/mol. The monoisotopic (exact) mass is 248 g/mol. The van der Waals surface area contributed by atoms with E-state index in [4.69, 9.17) is 0 Å². The van der Waals surface area contributed by atoms with Gasteiger partial charge in [-0.15, -0.1) is 0 Å². The second-order valence-corrected chi connectivity index (χ2v) is 5.22. The first-order valence-electron chi connectivity index (χ1n) is 4.86. The summed E-state index contributed by atoms with van der Waals surface area (Å²) in [5.41, 5.74) is 0. The van der Waals surface area contributed by atoms with Gasteiger partial charge in [-0.2, -0.15) is 0 Å². The minimum atomic E-state index is 1.08. The van der Waals surface area contributed by atoms with Crippen molar-refractivity contribution in [1.82, 2.24) is 0 Å². The maximum absolute atomic E-state index is 2.28. The van der Waals surface area contributed by atoms with Gasteiger partial charge < -0.3 is 0 Å². The number of rotatable bonds is 8. The zero-order chi connectivity index (χ0) is 8.36. The molecule has 11 heavy (non-hydrogen) atoms. The van der Waals surface area contributed by atoms with E-state index in [-0.39, 0.29) is 0 Å². The second-order valence-electron chi connectivity index (χ2n) is 2.89. The van der Waals surface area contributed by atoms with E-state index >= 15 is 0 Å². The van der Waals surface area contributed by atoms with Gasteiger partial charge in [-0.25, -0.2) is 0 Å². The van der Waals surface area contributed by atoms with E-state index in [0.29, 0.717) is 0 Å². The average Bonchev–Trinajstić information content (AvgIpc) is 2.03. The van der Waals surface area contributed by atoms with Crippen molar-refractivity contribution in [3.63, 3.8) is 0 Å². The van der Waals surface area contributed by atoms with Crippen molar-refractivity contribution >= 4 is 0 Å². The third kappa shape index (κ3) is 10.7. The van der Waals surface area contributed by atoms with Gasteiger partial charge in [-0.3, -0.25) is 0 Å². The molecule has 0 nitrogen and oxygen atoms in total. The summed E-state index contributed by atoms with van der Waals surface area (Å²) in [5.74, 6) is 0. The van der Waals surface area contributed by atoms with Gasteiger partial charge in [-0.05, 0) is 0 Å². The van der Waals surface area contributed by atoms with Gasteiger partial charge in [0.15, 0.2) is 0 Å². The molecule has 0 rings (SSSR count). The van der Waals surface area contributed by atoms with Crippen LogP contribution in [0.3, 0.4) is 0 Å². The van der Waals surface area contributed by atoms with Crippen molar-refractivity contribution < 1.29 is 18.0 Å². The Bertz CT molecular complexity index is 53.9. The standard InChI is InChI=1S/2C5H11.Pd/c2*1-3-5-4-2;/h2*1,3-5H2,2H3;. The third-order valence-corrected chi connectivity index (χ3v) is 3.85. The summed E-state index contributed by atoms with van der Waals surface area (Å²) in [5, 5.41) is 0. The Balaban J connectivity index is 2.69. The van der Waals surface area contributed by atoms with E-state index in [2.05, 4.69) is 13.8 Å². The van der Waals surface area contributed by atoms with Crippen LogP contribution in [0.2, 0.25) is 9.79 Å². The van der Waals surface area contributed by atoms with Gasteiger partial charge in [0, 0.05) is 0 Å². The number of hydrogen-bond acceptors (Lipinski definition) is 0. The van der Waals surface area contributed by atoms with E-state index in [1.807, 2.05) is 0 Å². The molecule has 0 aromatic rings. The average molecular weight is 249 g/mol. The summed E-state index contributed by atoms with van der Waals surface area (Å²) in [6.45, 7) is 4.56. The van der Waals surface area contributed by atoms with E-state index in [1.54, 1.807) is 0 Å². The molecule has 0 aromatic carbocycles. The maximum atomic E-state index is 2.28. The molecule has 0 fully saturated rings. The van der Waals surface area contributed by atoms with Crippen LogP contribution in [0.4, 0.5) is 0 Å². The first-order chi connectivity index (χ1) is 5.41. The SMILES string of the molecule is CCCC[CH2][Pd][CH2]CCCC. The molecule has 0 saturated carbocycles. The van der Waals surface area contributed by atoms with Gasteiger partial charge in [0.25, 0.3) is 0 Å². The van der Waals surface area contributed by atoms with Crippen molar-refractivity contribution in [3.05, 3.63) is 0 Å². The summed E-state index contributed by atoms with van der Waals surface area (Å²) >= 11 is 1.08. The molecule has 0 aliphatic heterocycles. The molecule has 0 heterocycles. The molecule has 0 atom stereocenters. The van der Waals surface area contributed by atoms with Crippen LogP contribution in [0.25, 0.3) is 0 Å². The molecule has 0 N–H and O–H groups in total. The van der Waals surface area contributed by atoms with Gasteiger partial charge in [0.1, 0.15) is 0 Å². The van der Waals surface area contributed by atoms with E-state index < -0.39 is 0 Å². The first-order valence-corrected chi connectivity index (χ1v) is 7.06. The molecule has 0 radical (unpaired) electrons. The molecule has 0 unspecified atom stereocenters. The van der Waals surface area contributed by atoms with Crippen LogP contribution in [0.1, 0.15) is 52.4 Å². The Hall–Kier alpha value is 0.662. The Morgan fingerprint density at radius 1 is 0.727 bits per heavy atom. The van der Waals surface area contributed by atoms with Crippen molar-refractivity contribution in [3.8, 4) is 0 Å². The van der Waals surface area contributed by atoms with Gasteiger partial charge >= 0.3 is 80.1 Å². The zero-order valence-electron chi connectivity index (χ0n) is 7.97. The third-order valence-electron chi connectivity index (χ3n) is 1.65. The summed E-state index contributed by atoms with van der Waals surface area (Å²) in [6.07, 6.45) is 8.62. The molecule has 72 valence electrons. The fourth-order valence-electron chi connectivity index (χ4n) is 0.895. The quantitative estimate of drug-likeness (QED) is 0.444. The van der Waals surface area contributed by atoms with Gasteiger partial charge in [0.05, 0.1) is 0 Å². The first kappa shape index (κ1) is 11.7. The zero-order valence-corrected chi connectivity index (χ0v) is 9.53. The van der Waals surface area contributed by atoms with Gasteiger partial charge in [-0.1, -0.05) is 0 Å². The van der Waals surface area contributed by atoms with Crippen molar-refractivity contribution in [2.75, 3.05) is 0 Å². The van der Waals surface area contributed by atoms with E-state index in [0.717, 1.165) is 18.0 Å². The minimum absolute atomic E-state index is 1.08. The molecule has 0 bridgehead atoms. The Labute approximate surface area is 80.3 Å². The predicted octanol–water partition coefficient (Wildman–Crippen LogP) is 4.29. The second kappa shape index (κ2) is 10.7. The van der Waals surface area contributed by atoms with Crippen molar-refractivity contribution in [1.29, 1.82) is 0 Å². The van der Waals surface area contributed by atoms with Crippen LogP contribution in [-0.2, 0) is 18.0 Å². The van der Waals surface area contributed by atoms with E-state index in [1.165, 1.54) is 48.3 Å². The van der Waals surface area contributed by atoms with Crippen molar-refractivity contribution in [2.45, 2.75) is 62.2 Å². The summed E-state index contributed by atoms with van der Waals surface area (Å²) in [6, 6.07) is 0. The Morgan fingerprint density at radius 2 is 1.18 bits per heavy atom. The van der Waals surface area contributed by atoms with Crippen LogP contribution in [0.15, 0.2) is 0 Å². The molecule has 0 aromatic heterocycles.